The Labute approximate surface area is 93.5 Å². The normalized spacial score (nSPS) is 13.2. The van der Waals surface area contributed by atoms with Crippen LogP contribution in [-0.4, -0.2) is 24.6 Å². The summed E-state index contributed by atoms with van der Waals surface area (Å²) in [6.07, 6.45) is 2.16. The second-order valence-corrected chi connectivity index (χ2v) is 4.65. The van der Waals surface area contributed by atoms with Gasteiger partial charge < -0.3 is 16.4 Å². The minimum atomic E-state index is 0.0629. The zero-order valence-electron chi connectivity index (χ0n) is 10.4. The van der Waals surface area contributed by atoms with Crippen LogP contribution < -0.4 is 16.4 Å². The van der Waals surface area contributed by atoms with Gasteiger partial charge in [0.2, 0.25) is 0 Å². The van der Waals surface area contributed by atoms with Gasteiger partial charge in [0.25, 0.3) is 0 Å². The summed E-state index contributed by atoms with van der Waals surface area (Å²) in [4.78, 5) is 0. The molecule has 0 saturated heterocycles. The van der Waals surface area contributed by atoms with Crippen molar-refractivity contribution in [2.24, 2.45) is 11.7 Å². The zero-order valence-corrected chi connectivity index (χ0v) is 10.4. The maximum atomic E-state index is 7.03. The molecule has 4 heteroatoms. The van der Waals surface area contributed by atoms with Crippen LogP contribution in [0.5, 0.6) is 0 Å². The van der Waals surface area contributed by atoms with Gasteiger partial charge in [-0.1, -0.05) is 27.7 Å². The Hall–Kier alpha value is -0.770. The van der Waals surface area contributed by atoms with E-state index in [2.05, 4.69) is 38.3 Å². The molecule has 0 fully saturated rings. The lowest BCUT2D eigenvalue weighted by Crippen LogP contribution is -2.39. The van der Waals surface area contributed by atoms with Gasteiger partial charge in [-0.25, -0.2) is 0 Å². The van der Waals surface area contributed by atoms with Crippen molar-refractivity contribution in [1.29, 1.82) is 5.41 Å². The Balaban J connectivity index is 3.71. The van der Waals surface area contributed by atoms with Crippen LogP contribution in [0, 0.1) is 11.3 Å². The molecule has 0 aliphatic carbocycles. The molecule has 0 aliphatic heterocycles. The zero-order chi connectivity index (χ0) is 11.8. The van der Waals surface area contributed by atoms with E-state index in [9.17, 15) is 0 Å². The van der Waals surface area contributed by atoms with Gasteiger partial charge in [-0.05, 0) is 18.8 Å². The summed E-state index contributed by atoms with van der Waals surface area (Å²) in [6.45, 7) is 9.60. The highest BCUT2D eigenvalue weighted by molar-refractivity contribution is 5.74. The van der Waals surface area contributed by atoms with E-state index in [1.54, 1.807) is 0 Å². The second-order valence-electron chi connectivity index (χ2n) is 4.65. The number of nitrogens with one attached hydrogen (secondary N) is 3. The first-order chi connectivity index (χ1) is 6.93. The molecule has 4 nitrogen and oxygen atoms in total. The topological polar surface area (TPSA) is 73.9 Å². The molecule has 1 atom stereocenters. The fourth-order valence-electron chi connectivity index (χ4n) is 1.58. The van der Waals surface area contributed by atoms with Crippen molar-refractivity contribution >= 4 is 5.96 Å². The van der Waals surface area contributed by atoms with E-state index in [0.29, 0.717) is 18.0 Å². The fourth-order valence-corrected chi connectivity index (χ4v) is 1.58. The summed E-state index contributed by atoms with van der Waals surface area (Å²) in [6, 6.07) is 1.08. The van der Waals surface area contributed by atoms with Gasteiger partial charge in [0, 0.05) is 18.6 Å². The van der Waals surface area contributed by atoms with Gasteiger partial charge in [0.15, 0.2) is 5.96 Å². The summed E-state index contributed by atoms with van der Waals surface area (Å²) >= 11 is 0. The van der Waals surface area contributed by atoms with Crippen LogP contribution in [0.3, 0.4) is 0 Å². The van der Waals surface area contributed by atoms with Crippen LogP contribution in [0.1, 0.15) is 40.5 Å². The number of rotatable bonds is 7. The summed E-state index contributed by atoms with van der Waals surface area (Å²) in [5.74, 6) is 0.706. The van der Waals surface area contributed by atoms with Crippen molar-refractivity contribution in [1.82, 2.24) is 10.6 Å². The lowest BCUT2D eigenvalue weighted by Gasteiger charge is -2.24. The lowest BCUT2D eigenvalue weighted by molar-refractivity contribution is 0.345. The Morgan fingerprint density at radius 2 is 1.87 bits per heavy atom. The van der Waals surface area contributed by atoms with Gasteiger partial charge in [-0.15, -0.1) is 0 Å². The molecule has 0 aromatic heterocycles. The van der Waals surface area contributed by atoms with Crippen molar-refractivity contribution in [2.75, 3.05) is 6.54 Å². The van der Waals surface area contributed by atoms with Crippen LogP contribution in [0.2, 0.25) is 0 Å². The van der Waals surface area contributed by atoms with Gasteiger partial charge in [0.1, 0.15) is 0 Å². The van der Waals surface area contributed by atoms with E-state index in [1.165, 1.54) is 0 Å². The summed E-state index contributed by atoms with van der Waals surface area (Å²) < 4.78 is 0. The van der Waals surface area contributed by atoms with Gasteiger partial charge in [0.05, 0.1) is 0 Å². The number of hydrogen-bond acceptors (Lipinski definition) is 2. The SMILES string of the molecule is CC(C)NC(CCCNC(=N)N)C(C)C. The molecular formula is C11H26N4. The van der Waals surface area contributed by atoms with Crippen molar-refractivity contribution in [2.45, 2.75) is 52.6 Å². The van der Waals surface area contributed by atoms with E-state index in [1.807, 2.05) is 0 Å². The van der Waals surface area contributed by atoms with Crippen molar-refractivity contribution in [3.63, 3.8) is 0 Å². The Morgan fingerprint density at radius 3 is 2.27 bits per heavy atom. The molecule has 0 amide bonds. The lowest BCUT2D eigenvalue weighted by atomic mass is 9.98. The molecule has 0 aromatic rings. The quantitative estimate of drug-likeness (QED) is 0.293. The van der Waals surface area contributed by atoms with Gasteiger partial charge in [-0.2, -0.15) is 0 Å². The molecule has 1 unspecified atom stereocenters. The first-order valence-corrected chi connectivity index (χ1v) is 5.77. The third-order valence-electron chi connectivity index (χ3n) is 2.36. The highest BCUT2D eigenvalue weighted by atomic mass is 15.0. The third kappa shape index (κ3) is 8.24. The Morgan fingerprint density at radius 1 is 1.27 bits per heavy atom. The van der Waals surface area contributed by atoms with Gasteiger partial charge >= 0.3 is 0 Å². The highest BCUT2D eigenvalue weighted by Crippen LogP contribution is 2.09. The summed E-state index contributed by atoms with van der Waals surface area (Å²) in [5.41, 5.74) is 5.21. The number of guanidine groups is 1. The summed E-state index contributed by atoms with van der Waals surface area (Å²) in [7, 11) is 0. The second kappa shape index (κ2) is 7.51. The standard InChI is InChI=1S/C11H26N4/c1-8(2)10(15-9(3)4)6-5-7-14-11(12)13/h8-10,15H,5-7H2,1-4H3,(H4,12,13,14). The van der Waals surface area contributed by atoms with E-state index < -0.39 is 0 Å². The molecule has 0 rings (SSSR count). The maximum Gasteiger partial charge on any atom is 0.185 e. The van der Waals surface area contributed by atoms with E-state index in [-0.39, 0.29) is 5.96 Å². The van der Waals surface area contributed by atoms with Crippen LogP contribution in [-0.2, 0) is 0 Å². The molecule has 5 N–H and O–H groups in total. The molecule has 0 aromatic carbocycles. The van der Waals surface area contributed by atoms with Crippen molar-refractivity contribution in [3.8, 4) is 0 Å². The van der Waals surface area contributed by atoms with Crippen LogP contribution in [0.4, 0.5) is 0 Å². The smallest absolute Gasteiger partial charge is 0.185 e. The van der Waals surface area contributed by atoms with Crippen LogP contribution in [0.25, 0.3) is 0 Å². The van der Waals surface area contributed by atoms with E-state index >= 15 is 0 Å². The number of hydrogen-bond donors (Lipinski definition) is 4. The fraction of sp³-hybridized carbons (Fsp3) is 0.909. The van der Waals surface area contributed by atoms with Crippen molar-refractivity contribution in [3.05, 3.63) is 0 Å². The Kier molecular flexibility index (Phi) is 7.13. The molecule has 0 saturated carbocycles. The molecule has 15 heavy (non-hydrogen) atoms. The molecule has 0 spiro atoms. The molecule has 0 radical (unpaired) electrons. The van der Waals surface area contributed by atoms with E-state index in [4.69, 9.17) is 11.1 Å². The van der Waals surface area contributed by atoms with Gasteiger partial charge in [-0.3, -0.25) is 5.41 Å². The number of nitrogens with two attached hydrogens (primary N) is 1. The maximum absolute atomic E-state index is 7.03. The predicted octanol–water partition coefficient (Wildman–Crippen LogP) is 1.27. The van der Waals surface area contributed by atoms with Crippen LogP contribution in [0.15, 0.2) is 0 Å². The molecule has 0 bridgehead atoms. The molecule has 0 aliphatic rings. The molecule has 90 valence electrons. The molecular weight excluding hydrogens is 188 g/mol. The highest BCUT2D eigenvalue weighted by Gasteiger charge is 2.13. The minimum absolute atomic E-state index is 0.0629. The monoisotopic (exact) mass is 214 g/mol. The first-order valence-electron chi connectivity index (χ1n) is 5.77. The van der Waals surface area contributed by atoms with E-state index in [0.717, 1.165) is 19.4 Å². The first kappa shape index (κ1) is 14.2. The Bertz CT molecular complexity index is 177. The largest absolute Gasteiger partial charge is 0.370 e. The minimum Gasteiger partial charge on any atom is -0.370 e. The average molecular weight is 214 g/mol. The van der Waals surface area contributed by atoms with Crippen LogP contribution >= 0.6 is 0 Å². The molecule has 0 heterocycles. The summed E-state index contributed by atoms with van der Waals surface area (Å²) in [5, 5.41) is 13.4. The third-order valence-corrected chi connectivity index (χ3v) is 2.36. The average Bonchev–Trinajstić information content (AvgIpc) is 2.08. The predicted molar refractivity (Wildman–Crippen MR) is 66.0 cm³/mol. The van der Waals surface area contributed by atoms with Crippen molar-refractivity contribution < 1.29 is 0 Å².